The van der Waals surface area contributed by atoms with E-state index in [0.29, 0.717) is 6.54 Å². The maximum Gasteiger partial charge on any atom is 0.226 e. The number of aliphatic hydroxyl groups excluding tert-OH is 1. The molecule has 0 spiro atoms. The average Bonchev–Trinajstić information content (AvgIpc) is 2.95. The smallest absolute Gasteiger partial charge is 0.226 e. The van der Waals surface area contributed by atoms with Gasteiger partial charge in [0.05, 0.1) is 12.5 Å². The fourth-order valence-corrected chi connectivity index (χ4v) is 3.02. The van der Waals surface area contributed by atoms with E-state index < -0.39 is 6.10 Å². The minimum atomic E-state index is -0.569. The first-order valence-electron chi connectivity index (χ1n) is 8.29. The maximum absolute atomic E-state index is 12.0. The molecule has 2 aromatic rings. The molecule has 126 valence electrons. The highest BCUT2D eigenvalue weighted by atomic mass is 16.5. The van der Waals surface area contributed by atoms with Gasteiger partial charge in [-0.2, -0.15) is 0 Å². The van der Waals surface area contributed by atoms with Gasteiger partial charge in [-0.3, -0.25) is 9.78 Å². The van der Waals surface area contributed by atoms with Crippen molar-refractivity contribution in [1.82, 2.24) is 10.3 Å². The molecular weight excluding hydrogens is 304 g/mol. The molecule has 1 fully saturated rings. The van der Waals surface area contributed by atoms with Crippen LogP contribution < -0.4 is 10.1 Å². The Balaban J connectivity index is 1.45. The summed E-state index contributed by atoms with van der Waals surface area (Å²) in [7, 11) is 0. The van der Waals surface area contributed by atoms with Gasteiger partial charge in [-0.1, -0.05) is 24.3 Å². The summed E-state index contributed by atoms with van der Waals surface area (Å²) in [4.78, 5) is 16.1. The summed E-state index contributed by atoms with van der Waals surface area (Å²) in [6.45, 7) is 0.460. The van der Waals surface area contributed by atoms with Crippen molar-refractivity contribution in [3.05, 3.63) is 60.4 Å². The molecular formula is C19H22N2O3. The van der Waals surface area contributed by atoms with Crippen LogP contribution in [-0.4, -0.2) is 34.8 Å². The Morgan fingerprint density at radius 2 is 1.96 bits per heavy atom. The van der Waals surface area contributed by atoms with E-state index in [1.165, 1.54) is 0 Å². The lowest BCUT2D eigenvalue weighted by molar-refractivity contribution is -0.120. The van der Waals surface area contributed by atoms with E-state index in [1.807, 2.05) is 48.5 Å². The highest BCUT2D eigenvalue weighted by Crippen LogP contribution is 2.29. The predicted molar refractivity (Wildman–Crippen MR) is 90.5 cm³/mol. The average molecular weight is 326 g/mol. The SMILES string of the molecule is O=C(Cc1ccccn1)NC[C@H]1CC[C@@H](Oc2ccccc2)[C@@H]1O. The van der Waals surface area contributed by atoms with Crippen molar-refractivity contribution in [2.45, 2.75) is 31.5 Å². The largest absolute Gasteiger partial charge is 0.488 e. The molecule has 1 aliphatic carbocycles. The first-order chi connectivity index (χ1) is 11.7. The summed E-state index contributed by atoms with van der Waals surface area (Å²) in [5, 5.41) is 13.3. The lowest BCUT2D eigenvalue weighted by Gasteiger charge is -2.21. The van der Waals surface area contributed by atoms with Crippen molar-refractivity contribution < 1.29 is 14.6 Å². The van der Waals surface area contributed by atoms with Crippen LogP contribution in [0.25, 0.3) is 0 Å². The third kappa shape index (κ3) is 4.32. The molecule has 1 aromatic heterocycles. The fraction of sp³-hybridized carbons (Fsp3) is 0.368. The van der Waals surface area contributed by atoms with Crippen molar-refractivity contribution in [1.29, 1.82) is 0 Å². The predicted octanol–water partition coefficient (Wildman–Crippen LogP) is 1.96. The van der Waals surface area contributed by atoms with Gasteiger partial charge in [0.2, 0.25) is 5.91 Å². The second-order valence-electron chi connectivity index (χ2n) is 6.10. The molecule has 3 rings (SSSR count). The number of hydrogen-bond donors (Lipinski definition) is 2. The minimum Gasteiger partial charge on any atom is -0.488 e. The Morgan fingerprint density at radius 3 is 2.71 bits per heavy atom. The maximum atomic E-state index is 12.0. The molecule has 2 N–H and O–H groups in total. The summed E-state index contributed by atoms with van der Waals surface area (Å²) < 4.78 is 5.85. The Bertz CT molecular complexity index is 648. The molecule has 0 unspecified atom stereocenters. The van der Waals surface area contributed by atoms with Gasteiger partial charge in [-0.25, -0.2) is 0 Å². The number of hydrogen-bond acceptors (Lipinski definition) is 4. The Hall–Kier alpha value is -2.40. The molecule has 1 aliphatic rings. The quantitative estimate of drug-likeness (QED) is 0.851. The van der Waals surface area contributed by atoms with Crippen LogP contribution in [0.1, 0.15) is 18.5 Å². The molecule has 0 bridgehead atoms. The number of nitrogens with one attached hydrogen (secondary N) is 1. The highest BCUT2D eigenvalue weighted by Gasteiger charge is 2.36. The van der Waals surface area contributed by atoms with E-state index in [9.17, 15) is 9.90 Å². The second kappa shape index (κ2) is 7.93. The van der Waals surface area contributed by atoms with Crippen molar-refractivity contribution in [2.75, 3.05) is 6.54 Å². The van der Waals surface area contributed by atoms with Gasteiger partial charge in [-0.15, -0.1) is 0 Å². The minimum absolute atomic E-state index is 0.0198. The molecule has 0 saturated heterocycles. The number of pyridine rings is 1. The van der Waals surface area contributed by atoms with Crippen LogP contribution in [0.2, 0.25) is 0 Å². The summed E-state index contributed by atoms with van der Waals surface area (Å²) in [6.07, 6.45) is 2.77. The number of benzene rings is 1. The zero-order valence-corrected chi connectivity index (χ0v) is 13.5. The zero-order valence-electron chi connectivity index (χ0n) is 13.5. The first kappa shape index (κ1) is 16.5. The third-order valence-electron chi connectivity index (χ3n) is 4.35. The van der Waals surface area contributed by atoms with Crippen molar-refractivity contribution >= 4 is 5.91 Å². The van der Waals surface area contributed by atoms with E-state index >= 15 is 0 Å². The molecule has 24 heavy (non-hydrogen) atoms. The number of nitrogens with zero attached hydrogens (tertiary/aromatic N) is 1. The zero-order chi connectivity index (χ0) is 16.8. The fourth-order valence-electron chi connectivity index (χ4n) is 3.02. The van der Waals surface area contributed by atoms with Gasteiger partial charge >= 0.3 is 0 Å². The second-order valence-corrected chi connectivity index (χ2v) is 6.10. The van der Waals surface area contributed by atoms with Gasteiger partial charge < -0.3 is 15.2 Å². The molecule has 3 atom stereocenters. The lowest BCUT2D eigenvalue weighted by atomic mass is 10.1. The lowest BCUT2D eigenvalue weighted by Crippen LogP contribution is -2.37. The molecule has 1 amide bonds. The number of aliphatic hydroxyl groups is 1. The van der Waals surface area contributed by atoms with Crippen LogP contribution >= 0.6 is 0 Å². The Morgan fingerprint density at radius 1 is 1.17 bits per heavy atom. The Kier molecular flexibility index (Phi) is 5.43. The number of carbonyl (C=O) groups excluding carboxylic acids is 1. The van der Waals surface area contributed by atoms with E-state index in [1.54, 1.807) is 6.20 Å². The van der Waals surface area contributed by atoms with Gasteiger partial charge in [0.25, 0.3) is 0 Å². The van der Waals surface area contributed by atoms with E-state index in [4.69, 9.17) is 4.74 Å². The molecule has 1 aromatic carbocycles. The van der Waals surface area contributed by atoms with Crippen molar-refractivity contribution in [2.24, 2.45) is 5.92 Å². The number of amides is 1. The first-order valence-corrected chi connectivity index (χ1v) is 8.29. The normalized spacial score (nSPS) is 23.0. The number of aromatic nitrogens is 1. The van der Waals surface area contributed by atoms with Crippen LogP contribution in [0.15, 0.2) is 54.7 Å². The molecule has 0 aliphatic heterocycles. The summed E-state index contributed by atoms with van der Waals surface area (Å²) >= 11 is 0. The van der Waals surface area contributed by atoms with Gasteiger partial charge in [0, 0.05) is 24.4 Å². The van der Waals surface area contributed by atoms with Crippen LogP contribution in [0.4, 0.5) is 0 Å². The number of ether oxygens (including phenoxy) is 1. The topological polar surface area (TPSA) is 71.5 Å². The number of para-hydroxylation sites is 1. The van der Waals surface area contributed by atoms with Crippen LogP contribution in [0, 0.1) is 5.92 Å². The van der Waals surface area contributed by atoms with Crippen molar-refractivity contribution in [3.8, 4) is 5.75 Å². The summed E-state index contributed by atoms with van der Waals surface area (Å²) in [5.74, 6) is 0.709. The van der Waals surface area contributed by atoms with E-state index in [-0.39, 0.29) is 24.3 Å². The van der Waals surface area contributed by atoms with Crippen LogP contribution in [0.5, 0.6) is 5.75 Å². The van der Waals surface area contributed by atoms with Gasteiger partial charge in [0.1, 0.15) is 11.9 Å². The molecule has 0 radical (unpaired) electrons. The highest BCUT2D eigenvalue weighted by molar-refractivity contribution is 5.78. The third-order valence-corrected chi connectivity index (χ3v) is 4.35. The molecule has 5 nitrogen and oxygen atoms in total. The summed E-state index contributed by atoms with van der Waals surface area (Å²) in [5.41, 5.74) is 0.743. The van der Waals surface area contributed by atoms with Crippen molar-refractivity contribution in [3.63, 3.8) is 0 Å². The summed E-state index contributed by atoms with van der Waals surface area (Å²) in [6, 6.07) is 15.0. The molecule has 1 heterocycles. The van der Waals surface area contributed by atoms with E-state index in [0.717, 1.165) is 24.3 Å². The standard InChI is InChI=1S/C19H22N2O3/c22-18(12-15-6-4-5-11-20-15)21-13-14-9-10-17(19(14)23)24-16-7-2-1-3-8-16/h1-8,11,14,17,19,23H,9-10,12-13H2,(H,21,22)/t14-,17-,19-/m1/s1. The van der Waals surface area contributed by atoms with Gasteiger partial charge in [0.15, 0.2) is 0 Å². The number of rotatable bonds is 6. The molecule has 5 heteroatoms. The monoisotopic (exact) mass is 326 g/mol. The van der Waals surface area contributed by atoms with Crippen LogP contribution in [0.3, 0.4) is 0 Å². The van der Waals surface area contributed by atoms with Gasteiger partial charge in [-0.05, 0) is 37.1 Å². The molecule has 1 saturated carbocycles. The number of carbonyl (C=O) groups is 1. The van der Waals surface area contributed by atoms with E-state index in [2.05, 4.69) is 10.3 Å². The Labute approximate surface area is 141 Å². The van der Waals surface area contributed by atoms with Crippen LogP contribution in [-0.2, 0) is 11.2 Å².